The van der Waals surface area contributed by atoms with E-state index in [4.69, 9.17) is 4.74 Å². The third-order valence-electron chi connectivity index (χ3n) is 5.91. The highest BCUT2D eigenvalue weighted by molar-refractivity contribution is 8.00. The number of carbonyl (C=O) groups is 2. The summed E-state index contributed by atoms with van der Waals surface area (Å²) in [4.78, 5) is 27.1. The number of ether oxygens (including phenoxy) is 1. The summed E-state index contributed by atoms with van der Waals surface area (Å²) in [5, 5.41) is -0.110. The fourth-order valence-electron chi connectivity index (χ4n) is 4.18. The van der Waals surface area contributed by atoms with E-state index >= 15 is 0 Å². The van der Waals surface area contributed by atoms with E-state index < -0.39 is 0 Å². The quantitative estimate of drug-likeness (QED) is 0.676. The lowest BCUT2D eigenvalue weighted by molar-refractivity contribution is -0.130. The Hall–Kier alpha value is -2.34. The van der Waals surface area contributed by atoms with Gasteiger partial charge in [-0.1, -0.05) is 24.3 Å². The predicted octanol–water partition coefficient (Wildman–Crippen LogP) is 4.79. The largest absolute Gasteiger partial charge is 0.459 e. The van der Waals surface area contributed by atoms with Crippen molar-refractivity contribution in [3.05, 3.63) is 70.5 Å². The third-order valence-corrected chi connectivity index (χ3v) is 7.14. The molecule has 0 bridgehead atoms. The number of nitrogens with zero attached hydrogens (tertiary/aromatic N) is 1. The number of amides is 1. The van der Waals surface area contributed by atoms with Gasteiger partial charge in [0.25, 0.3) is 0 Å². The van der Waals surface area contributed by atoms with Crippen molar-refractivity contribution in [3.8, 4) is 0 Å². The van der Waals surface area contributed by atoms with Gasteiger partial charge in [0, 0.05) is 12.5 Å². The summed E-state index contributed by atoms with van der Waals surface area (Å²) in [7, 11) is 0. The van der Waals surface area contributed by atoms with Gasteiger partial charge in [-0.2, -0.15) is 0 Å². The molecule has 29 heavy (non-hydrogen) atoms. The van der Waals surface area contributed by atoms with E-state index in [0.717, 1.165) is 29.5 Å². The Balaban J connectivity index is 1.44. The van der Waals surface area contributed by atoms with E-state index in [1.807, 2.05) is 30.9 Å². The molecular formula is C23H24FNO3S. The Bertz CT molecular complexity index is 930. The van der Waals surface area contributed by atoms with Crippen LogP contribution in [0.4, 0.5) is 4.39 Å². The first-order valence-electron chi connectivity index (χ1n) is 9.89. The van der Waals surface area contributed by atoms with E-state index in [9.17, 15) is 14.0 Å². The molecule has 4 nitrogen and oxygen atoms in total. The van der Waals surface area contributed by atoms with Crippen molar-refractivity contribution < 1.29 is 18.7 Å². The Kier molecular flexibility index (Phi) is 5.63. The Morgan fingerprint density at radius 2 is 1.90 bits per heavy atom. The van der Waals surface area contributed by atoms with Crippen LogP contribution in [-0.4, -0.2) is 34.7 Å². The maximum Gasteiger partial charge on any atom is 0.338 e. The maximum atomic E-state index is 13.3. The van der Waals surface area contributed by atoms with E-state index in [-0.39, 0.29) is 35.2 Å². The van der Waals surface area contributed by atoms with Gasteiger partial charge in [0.1, 0.15) is 17.3 Å². The second kappa shape index (κ2) is 8.19. The minimum atomic E-state index is -0.297. The van der Waals surface area contributed by atoms with Crippen LogP contribution in [0.15, 0.2) is 42.5 Å². The molecule has 0 aromatic heterocycles. The van der Waals surface area contributed by atoms with Gasteiger partial charge in [-0.3, -0.25) is 4.79 Å². The van der Waals surface area contributed by atoms with Crippen LogP contribution < -0.4 is 0 Å². The average molecular weight is 414 g/mol. The van der Waals surface area contributed by atoms with Gasteiger partial charge >= 0.3 is 5.97 Å². The lowest BCUT2D eigenvalue weighted by atomic mass is 10.0. The van der Waals surface area contributed by atoms with Crippen molar-refractivity contribution in [2.75, 3.05) is 5.75 Å². The highest BCUT2D eigenvalue weighted by Crippen LogP contribution is 2.43. The number of halogens is 1. The van der Waals surface area contributed by atoms with Crippen molar-refractivity contribution in [3.63, 3.8) is 0 Å². The minimum absolute atomic E-state index is 0.0314. The summed E-state index contributed by atoms with van der Waals surface area (Å²) in [5.74, 6) is -0.0651. The van der Waals surface area contributed by atoms with Crippen molar-refractivity contribution >= 4 is 23.6 Å². The van der Waals surface area contributed by atoms with Crippen LogP contribution in [0.2, 0.25) is 0 Å². The van der Waals surface area contributed by atoms with Gasteiger partial charge < -0.3 is 9.64 Å². The standard InChI is InChI=1S/C23H24FNO3S/c1-14-4-3-5-20(15(14)2)23(27)28-19-11-10-18(12-19)25-21(26)13-29-22(25)16-6-8-17(24)9-7-16/h3-9,18-19,22H,10-13H2,1-2H3. The summed E-state index contributed by atoms with van der Waals surface area (Å²) < 4.78 is 19.1. The summed E-state index contributed by atoms with van der Waals surface area (Å²) in [6.07, 6.45) is 1.99. The molecule has 4 rings (SSSR count). The predicted molar refractivity (Wildman–Crippen MR) is 111 cm³/mol. The monoisotopic (exact) mass is 413 g/mol. The van der Waals surface area contributed by atoms with Gasteiger partial charge in [0.2, 0.25) is 5.91 Å². The molecule has 0 radical (unpaired) electrons. The second-order valence-electron chi connectivity index (χ2n) is 7.76. The smallest absolute Gasteiger partial charge is 0.338 e. The average Bonchev–Trinajstić information content (AvgIpc) is 3.30. The normalized spacial score (nSPS) is 24.2. The van der Waals surface area contributed by atoms with Gasteiger partial charge in [-0.25, -0.2) is 9.18 Å². The number of hydrogen-bond donors (Lipinski definition) is 0. The summed E-state index contributed by atoms with van der Waals surface area (Å²) in [6, 6.07) is 12.0. The lowest BCUT2D eigenvalue weighted by Crippen LogP contribution is -2.37. The van der Waals surface area contributed by atoms with Crippen LogP contribution >= 0.6 is 11.8 Å². The van der Waals surface area contributed by atoms with Crippen LogP contribution in [0.3, 0.4) is 0 Å². The molecule has 6 heteroatoms. The van der Waals surface area contributed by atoms with Crippen LogP contribution in [0.1, 0.15) is 51.7 Å². The summed E-state index contributed by atoms with van der Waals surface area (Å²) >= 11 is 1.57. The van der Waals surface area contributed by atoms with E-state index in [1.54, 1.807) is 30.0 Å². The van der Waals surface area contributed by atoms with Gasteiger partial charge in [0.15, 0.2) is 0 Å². The summed E-state index contributed by atoms with van der Waals surface area (Å²) in [5.41, 5.74) is 3.53. The van der Waals surface area contributed by atoms with Crippen LogP contribution in [-0.2, 0) is 9.53 Å². The molecule has 152 valence electrons. The molecule has 0 N–H and O–H groups in total. The van der Waals surface area contributed by atoms with Crippen molar-refractivity contribution in [2.24, 2.45) is 0 Å². The summed E-state index contributed by atoms with van der Waals surface area (Å²) in [6.45, 7) is 3.90. The molecule has 1 saturated carbocycles. The molecule has 1 aliphatic carbocycles. The number of benzene rings is 2. The Morgan fingerprint density at radius 1 is 1.14 bits per heavy atom. The van der Waals surface area contributed by atoms with Crippen LogP contribution in [0.25, 0.3) is 0 Å². The van der Waals surface area contributed by atoms with Gasteiger partial charge in [-0.15, -0.1) is 11.8 Å². The number of carbonyl (C=O) groups excluding carboxylic acids is 2. The first-order valence-corrected chi connectivity index (χ1v) is 10.9. The lowest BCUT2D eigenvalue weighted by Gasteiger charge is -2.30. The molecule has 3 unspecified atom stereocenters. The minimum Gasteiger partial charge on any atom is -0.459 e. The topological polar surface area (TPSA) is 46.6 Å². The van der Waals surface area contributed by atoms with Gasteiger partial charge in [0.05, 0.1) is 11.3 Å². The fourth-order valence-corrected chi connectivity index (χ4v) is 5.43. The van der Waals surface area contributed by atoms with Gasteiger partial charge in [-0.05, 0) is 61.6 Å². The molecule has 1 amide bonds. The first-order chi connectivity index (χ1) is 13.9. The van der Waals surface area contributed by atoms with Crippen LogP contribution in [0.5, 0.6) is 0 Å². The van der Waals surface area contributed by atoms with E-state index in [0.29, 0.717) is 17.7 Å². The number of thioether (sulfide) groups is 1. The molecule has 0 spiro atoms. The van der Waals surface area contributed by atoms with Crippen molar-refractivity contribution in [2.45, 2.75) is 50.6 Å². The highest BCUT2D eigenvalue weighted by Gasteiger charge is 2.41. The zero-order chi connectivity index (χ0) is 20.5. The maximum absolute atomic E-state index is 13.3. The van der Waals surface area contributed by atoms with Crippen LogP contribution in [0, 0.1) is 19.7 Å². The molecule has 2 aromatic carbocycles. The van der Waals surface area contributed by atoms with E-state index in [1.165, 1.54) is 12.1 Å². The molecule has 1 heterocycles. The van der Waals surface area contributed by atoms with Crippen molar-refractivity contribution in [1.29, 1.82) is 0 Å². The zero-order valence-corrected chi connectivity index (χ0v) is 17.4. The third kappa shape index (κ3) is 4.04. The Labute approximate surface area is 174 Å². The number of aryl methyl sites for hydroxylation is 1. The number of hydrogen-bond acceptors (Lipinski definition) is 4. The second-order valence-corrected chi connectivity index (χ2v) is 8.83. The molecule has 1 saturated heterocycles. The molecule has 2 aromatic rings. The molecule has 2 aliphatic rings. The SMILES string of the molecule is Cc1cccc(C(=O)OC2CCC(N3C(=O)CSC3c3ccc(F)cc3)C2)c1C. The Morgan fingerprint density at radius 3 is 2.66 bits per heavy atom. The molecule has 2 fully saturated rings. The molecule has 3 atom stereocenters. The van der Waals surface area contributed by atoms with E-state index in [2.05, 4.69) is 0 Å². The number of esters is 1. The zero-order valence-electron chi connectivity index (χ0n) is 16.6. The number of rotatable bonds is 4. The molecular weight excluding hydrogens is 389 g/mol. The first kappa shape index (κ1) is 20.0. The molecule has 1 aliphatic heterocycles. The highest BCUT2D eigenvalue weighted by atomic mass is 32.2. The van der Waals surface area contributed by atoms with Crippen molar-refractivity contribution in [1.82, 2.24) is 4.90 Å². The fraction of sp³-hybridized carbons (Fsp3) is 0.391.